The average molecular weight is 266 g/mol. The van der Waals surface area contributed by atoms with Crippen molar-refractivity contribution in [3.05, 3.63) is 0 Å². The number of carbonyl (C=O) groups is 2. The highest BCUT2D eigenvalue weighted by Gasteiger charge is 2.44. The first-order valence-electron chi connectivity index (χ1n) is 7.55. The van der Waals surface area contributed by atoms with E-state index in [2.05, 4.69) is 12.2 Å². The van der Waals surface area contributed by atoms with E-state index < -0.39 is 5.54 Å². The fourth-order valence-electron chi connectivity index (χ4n) is 3.30. The van der Waals surface area contributed by atoms with Crippen molar-refractivity contribution in [2.45, 2.75) is 64.8 Å². The van der Waals surface area contributed by atoms with E-state index >= 15 is 0 Å². The van der Waals surface area contributed by atoms with Gasteiger partial charge in [-0.15, -0.1) is 0 Å². The molecule has 4 nitrogen and oxygen atoms in total. The predicted molar refractivity (Wildman–Crippen MR) is 74.6 cm³/mol. The molecule has 1 aliphatic carbocycles. The van der Waals surface area contributed by atoms with Crippen LogP contribution in [-0.4, -0.2) is 35.3 Å². The summed E-state index contributed by atoms with van der Waals surface area (Å²) in [6.07, 6.45) is 5.43. The summed E-state index contributed by atoms with van der Waals surface area (Å²) in [4.78, 5) is 26.6. The molecule has 0 unspecified atom stereocenters. The Labute approximate surface area is 115 Å². The molecule has 1 N–H and O–H groups in total. The first-order valence-corrected chi connectivity index (χ1v) is 7.55. The number of carbonyl (C=O) groups excluding carboxylic acids is 2. The monoisotopic (exact) mass is 266 g/mol. The topological polar surface area (TPSA) is 49.4 Å². The molecule has 0 aromatic carbocycles. The van der Waals surface area contributed by atoms with E-state index in [9.17, 15) is 9.59 Å². The van der Waals surface area contributed by atoms with E-state index in [0.29, 0.717) is 25.8 Å². The first-order chi connectivity index (χ1) is 8.95. The molecule has 2 aliphatic rings. The standard InChI is InChI=1S/C15H26N2O2/c1-4-15(5-2)13(19)17(10-7-12(18)16-15)11-14(3)8-6-9-14/h4-11H2,1-3H3,(H,16,18). The molecule has 1 saturated heterocycles. The van der Waals surface area contributed by atoms with Crippen molar-refractivity contribution in [3.63, 3.8) is 0 Å². The van der Waals surface area contributed by atoms with Gasteiger partial charge in [0.15, 0.2) is 0 Å². The Balaban J connectivity index is 2.18. The Morgan fingerprint density at radius 2 is 1.84 bits per heavy atom. The molecule has 0 atom stereocenters. The minimum atomic E-state index is -0.673. The summed E-state index contributed by atoms with van der Waals surface area (Å²) in [7, 11) is 0. The Morgan fingerprint density at radius 1 is 1.21 bits per heavy atom. The molecule has 1 aliphatic heterocycles. The summed E-state index contributed by atoms with van der Waals surface area (Å²) in [6, 6.07) is 0. The van der Waals surface area contributed by atoms with E-state index in [1.807, 2.05) is 18.7 Å². The molecule has 0 aromatic rings. The zero-order valence-electron chi connectivity index (χ0n) is 12.4. The second-order valence-electron chi connectivity index (χ2n) is 6.48. The van der Waals surface area contributed by atoms with Gasteiger partial charge in [-0.1, -0.05) is 27.2 Å². The van der Waals surface area contributed by atoms with Gasteiger partial charge in [-0.05, 0) is 31.1 Å². The van der Waals surface area contributed by atoms with Crippen LogP contribution in [0.3, 0.4) is 0 Å². The van der Waals surface area contributed by atoms with E-state index in [1.54, 1.807) is 0 Å². The van der Waals surface area contributed by atoms with Crippen LogP contribution < -0.4 is 5.32 Å². The summed E-state index contributed by atoms with van der Waals surface area (Å²) >= 11 is 0. The fraction of sp³-hybridized carbons (Fsp3) is 0.867. The molecule has 0 aromatic heterocycles. The van der Waals surface area contributed by atoms with E-state index in [4.69, 9.17) is 0 Å². The molecule has 0 radical (unpaired) electrons. The van der Waals surface area contributed by atoms with E-state index in [1.165, 1.54) is 19.3 Å². The largest absolute Gasteiger partial charge is 0.342 e. The maximum absolute atomic E-state index is 12.8. The van der Waals surface area contributed by atoms with Crippen molar-refractivity contribution in [2.75, 3.05) is 13.1 Å². The lowest BCUT2D eigenvalue weighted by Crippen LogP contribution is -2.58. The second-order valence-corrected chi connectivity index (χ2v) is 6.48. The van der Waals surface area contributed by atoms with Crippen molar-refractivity contribution < 1.29 is 9.59 Å². The van der Waals surface area contributed by atoms with Gasteiger partial charge in [-0.2, -0.15) is 0 Å². The Morgan fingerprint density at radius 3 is 2.32 bits per heavy atom. The van der Waals surface area contributed by atoms with Crippen molar-refractivity contribution >= 4 is 11.8 Å². The molecule has 19 heavy (non-hydrogen) atoms. The van der Waals surface area contributed by atoms with Crippen LogP contribution in [0.2, 0.25) is 0 Å². The molecule has 0 bridgehead atoms. The molecule has 2 fully saturated rings. The molecule has 1 saturated carbocycles. The number of rotatable bonds is 4. The zero-order chi connectivity index (χ0) is 14.1. The summed E-state index contributed by atoms with van der Waals surface area (Å²) < 4.78 is 0. The second kappa shape index (κ2) is 5.14. The van der Waals surface area contributed by atoms with Crippen LogP contribution in [0, 0.1) is 5.41 Å². The SMILES string of the molecule is CCC1(CC)NC(=O)CCN(CC2(C)CCC2)C1=O. The van der Waals surface area contributed by atoms with Crippen LogP contribution in [0.4, 0.5) is 0 Å². The highest BCUT2D eigenvalue weighted by atomic mass is 16.2. The molecule has 2 rings (SSSR count). The number of nitrogens with one attached hydrogen (secondary N) is 1. The Kier molecular flexibility index (Phi) is 3.88. The molecule has 4 heteroatoms. The van der Waals surface area contributed by atoms with Crippen molar-refractivity contribution in [3.8, 4) is 0 Å². The molecular weight excluding hydrogens is 240 g/mol. The van der Waals surface area contributed by atoms with Crippen LogP contribution >= 0.6 is 0 Å². The highest BCUT2D eigenvalue weighted by molar-refractivity contribution is 5.93. The normalized spacial score (nSPS) is 25.5. The number of nitrogens with zero attached hydrogens (tertiary/aromatic N) is 1. The molecule has 1 heterocycles. The minimum absolute atomic E-state index is 0.0123. The van der Waals surface area contributed by atoms with Crippen molar-refractivity contribution in [1.82, 2.24) is 10.2 Å². The molecular formula is C15H26N2O2. The van der Waals surface area contributed by atoms with Crippen LogP contribution in [0.1, 0.15) is 59.3 Å². The zero-order valence-corrected chi connectivity index (χ0v) is 12.4. The minimum Gasteiger partial charge on any atom is -0.342 e. The van der Waals surface area contributed by atoms with Crippen molar-refractivity contribution in [2.24, 2.45) is 5.41 Å². The van der Waals surface area contributed by atoms with Crippen molar-refractivity contribution in [1.29, 1.82) is 0 Å². The molecule has 2 amide bonds. The van der Waals surface area contributed by atoms with Gasteiger partial charge in [0.1, 0.15) is 5.54 Å². The number of hydrogen-bond donors (Lipinski definition) is 1. The van der Waals surface area contributed by atoms with Gasteiger partial charge in [0, 0.05) is 19.5 Å². The third-order valence-electron chi connectivity index (χ3n) is 5.02. The smallest absolute Gasteiger partial charge is 0.248 e. The summed E-state index contributed by atoms with van der Waals surface area (Å²) in [6.45, 7) is 7.60. The first kappa shape index (κ1) is 14.4. The van der Waals surface area contributed by atoms with Gasteiger partial charge in [0.2, 0.25) is 11.8 Å². The quantitative estimate of drug-likeness (QED) is 0.847. The van der Waals surface area contributed by atoms with Gasteiger partial charge < -0.3 is 10.2 Å². The van der Waals surface area contributed by atoms with Gasteiger partial charge in [-0.3, -0.25) is 9.59 Å². The van der Waals surface area contributed by atoms with Crippen LogP contribution in [0.5, 0.6) is 0 Å². The summed E-state index contributed by atoms with van der Waals surface area (Å²) in [5.41, 5.74) is -0.399. The summed E-state index contributed by atoms with van der Waals surface area (Å²) in [5, 5.41) is 2.96. The fourth-order valence-corrected chi connectivity index (χ4v) is 3.30. The van der Waals surface area contributed by atoms with Gasteiger partial charge in [0.05, 0.1) is 0 Å². The predicted octanol–water partition coefficient (Wildman–Crippen LogP) is 2.08. The molecule has 0 spiro atoms. The van der Waals surface area contributed by atoms with Gasteiger partial charge in [-0.25, -0.2) is 0 Å². The lowest BCUT2D eigenvalue weighted by atomic mass is 9.70. The third-order valence-corrected chi connectivity index (χ3v) is 5.02. The maximum Gasteiger partial charge on any atom is 0.248 e. The van der Waals surface area contributed by atoms with Crippen LogP contribution in [-0.2, 0) is 9.59 Å². The van der Waals surface area contributed by atoms with Crippen LogP contribution in [0.25, 0.3) is 0 Å². The van der Waals surface area contributed by atoms with E-state index in [-0.39, 0.29) is 17.2 Å². The van der Waals surface area contributed by atoms with Crippen LogP contribution in [0.15, 0.2) is 0 Å². The maximum atomic E-state index is 12.8. The van der Waals surface area contributed by atoms with Gasteiger partial charge >= 0.3 is 0 Å². The Hall–Kier alpha value is -1.06. The third kappa shape index (κ3) is 2.63. The van der Waals surface area contributed by atoms with E-state index in [0.717, 1.165) is 6.54 Å². The van der Waals surface area contributed by atoms with Gasteiger partial charge in [0.25, 0.3) is 0 Å². The summed E-state index contributed by atoms with van der Waals surface area (Å²) in [5.74, 6) is 0.134. The number of amides is 2. The lowest BCUT2D eigenvalue weighted by molar-refractivity contribution is -0.141. The molecule has 108 valence electrons. The lowest BCUT2D eigenvalue weighted by Gasteiger charge is -2.43. The Bertz CT molecular complexity index is 370. The number of hydrogen-bond acceptors (Lipinski definition) is 2. The highest BCUT2D eigenvalue weighted by Crippen LogP contribution is 2.41. The average Bonchev–Trinajstić information content (AvgIpc) is 2.48.